The minimum absolute atomic E-state index is 0.0153. The van der Waals surface area contributed by atoms with Gasteiger partial charge in [-0.2, -0.15) is 0 Å². The van der Waals surface area contributed by atoms with Crippen molar-refractivity contribution < 1.29 is 14.3 Å². The number of ether oxygens (including phenoxy) is 1. The predicted octanol–water partition coefficient (Wildman–Crippen LogP) is 2.45. The van der Waals surface area contributed by atoms with Crippen molar-refractivity contribution in [2.45, 2.75) is 25.8 Å². The second kappa shape index (κ2) is 6.91. The number of amides is 1. The number of hydrogen-bond donors (Lipinski definition) is 2. The van der Waals surface area contributed by atoms with Gasteiger partial charge in [0.25, 0.3) is 0 Å². The quantitative estimate of drug-likeness (QED) is 0.842. The van der Waals surface area contributed by atoms with Gasteiger partial charge in [0, 0.05) is 17.6 Å². The average Bonchev–Trinajstić information content (AvgIpc) is 2.48. The normalized spacial score (nSPS) is 21.7. The highest BCUT2D eigenvalue weighted by Gasteiger charge is 2.25. The van der Waals surface area contributed by atoms with Crippen LogP contribution in [-0.2, 0) is 9.53 Å². The van der Waals surface area contributed by atoms with Crippen molar-refractivity contribution in [3.05, 3.63) is 28.8 Å². The van der Waals surface area contributed by atoms with Gasteiger partial charge in [-0.1, -0.05) is 11.6 Å². The lowest BCUT2D eigenvalue weighted by molar-refractivity contribution is -0.120. The first kappa shape index (κ1) is 15.8. The Labute approximate surface area is 129 Å². The smallest absolute Gasteiger partial charge is 0.339 e. The Balaban J connectivity index is 2.08. The van der Waals surface area contributed by atoms with Gasteiger partial charge < -0.3 is 15.4 Å². The van der Waals surface area contributed by atoms with Crippen molar-refractivity contribution in [3.8, 4) is 0 Å². The molecule has 1 amide bonds. The first-order valence-electron chi connectivity index (χ1n) is 6.93. The molecule has 1 heterocycles. The molecule has 0 saturated carbocycles. The highest BCUT2D eigenvalue weighted by atomic mass is 35.5. The Morgan fingerprint density at radius 2 is 2.19 bits per heavy atom. The summed E-state index contributed by atoms with van der Waals surface area (Å²) in [4.78, 5) is 23.8. The minimum Gasteiger partial charge on any atom is -0.465 e. The number of halogens is 1. The standard InChI is InChI=1S/C15H19ClN2O3/c1-9-7-10(5-6-17-9)14(19)18-11-3-4-13(16)12(8-11)15(20)21-2/h3-4,8-10,17H,5-7H2,1-2H3,(H,18,19). The number of nitrogens with one attached hydrogen (secondary N) is 2. The van der Waals surface area contributed by atoms with Gasteiger partial charge in [0.1, 0.15) is 0 Å². The van der Waals surface area contributed by atoms with E-state index in [0.717, 1.165) is 19.4 Å². The highest BCUT2D eigenvalue weighted by Crippen LogP contribution is 2.23. The average molecular weight is 311 g/mol. The first-order chi connectivity index (χ1) is 10.0. The number of rotatable bonds is 3. The molecular weight excluding hydrogens is 292 g/mol. The zero-order valence-electron chi connectivity index (χ0n) is 12.1. The van der Waals surface area contributed by atoms with E-state index in [1.54, 1.807) is 12.1 Å². The maximum Gasteiger partial charge on any atom is 0.339 e. The SMILES string of the molecule is COC(=O)c1cc(NC(=O)C2CCNC(C)C2)ccc1Cl. The van der Waals surface area contributed by atoms with Crippen LogP contribution in [0.2, 0.25) is 5.02 Å². The van der Waals surface area contributed by atoms with Crippen LogP contribution in [-0.4, -0.2) is 31.6 Å². The number of hydrogen-bond acceptors (Lipinski definition) is 4. The molecule has 1 aromatic carbocycles. The zero-order valence-corrected chi connectivity index (χ0v) is 12.9. The summed E-state index contributed by atoms with van der Waals surface area (Å²) in [6, 6.07) is 5.13. The fourth-order valence-electron chi connectivity index (χ4n) is 2.48. The van der Waals surface area contributed by atoms with Crippen LogP contribution in [0.4, 0.5) is 5.69 Å². The molecule has 6 heteroatoms. The van der Waals surface area contributed by atoms with Crippen LogP contribution in [0.1, 0.15) is 30.1 Å². The number of piperidine rings is 1. The van der Waals surface area contributed by atoms with Gasteiger partial charge >= 0.3 is 5.97 Å². The van der Waals surface area contributed by atoms with Crippen molar-refractivity contribution in [3.63, 3.8) is 0 Å². The van der Waals surface area contributed by atoms with Gasteiger partial charge in [-0.05, 0) is 44.5 Å². The van der Waals surface area contributed by atoms with Gasteiger partial charge in [0.2, 0.25) is 5.91 Å². The zero-order chi connectivity index (χ0) is 15.4. The summed E-state index contributed by atoms with van der Waals surface area (Å²) in [5.74, 6) is -0.563. The maximum absolute atomic E-state index is 12.3. The summed E-state index contributed by atoms with van der Waals surface area (Å²) in [6.07, 6.45) is 1.62. The molecule has 0 bridgehead atoms. The van der Waals surface area contributed by atoms with Crippen LogP contribution in [0.25, 0.3) is 0 Å². The van der Waals surface area contributed by atoms with Crippen LogP contribution in [0.5, 0.6) is 0 Å². The van der Waals surface area contributed by atoms with E-state index in [9.17, 15) is 9.59 Å². The van der Waals surface area contributed by atoms with Crippen molar-refractivity contribution in [2.24, 2.45) is 5.92 Å². The molecule has 2 N–H and O–H groups in total. The van der Waals surface area contributed by atoms with Crippen molar-refractivity contribution in [1.29, 1.82) is 0 Å². The summed E-state index contributed by atoms with van der Waals surface area (Å²) in [5.41, 5.74) is 0.798. The molecule has 2 atom stereocenters. The molecule has 21 heavy (non-hydrogen) atoms. The molecule has 1 aliphatic heterocycles. The van der Waals surface area contributed by atoms with Crippen molar-refractivity contribution in [2.75, 3.05) is 19.0 Å². The largest absolute Gasteiger partial charge is 0.465 e. The molecule has 1 aromatic rings. The van der Waals surface area contributed by atoms with E-state index in [1.165, 1.54) is 13.2 Å². The summed E-state index contributed by atoms with van der Waals surface area (Å²) in [6.45, 7) is 2.91. The van der Waals surface area contributed by atoms with E-state index in [-0.39, 0.29) is 17.4 Å². The van der Waals surface area contributed by atoms with Crippen LogP contribution in [0.3, 0.4) is 0 Å². The van der Waals surface area contributed by atoms with E-state index in [4.69, 9.17) is 11.6 Å². The molecule has 0 spiro atoms. The lowest BCUT2D eigenvalue weighted by Gasteiger charge is -2.27. The van der Waals surface area contributed by atoms with E-state index in [2.05, 4.69) is 22.3 Å². The second-order valence-corrected chi connectivity index (χ2v) is 5.66. The molecule has 5 nitrogen and oxygen atoms in total. The van der Waals surface area contributed by atoms with E-state index in [1.807, 2.05) is 0 Å². The van der Waals surface area contributed by atoms with E-state index >= 15 is 0 Å². The highest BCUT2D eigenvalue weighted by molar-refractivity contribution is 6.33. The lowest BCUT2D eigenvalue weighted by atomic mass is 9.92. The molecule has 0 radical (unpaired) electrons. The predicted molar refractivity (Wildman–Crippen MR) is 81.6 cm³/mol. The molecule has 2 rings (SSSR count). The van der Waals surface area contributed by atoms with E-state index < -0.39 is 5.97 Å². The molecule has 114 valence electrons. The number of esters is 1. The number of carbonyl (C=O) groups excluding carboxylic acids is 2. The van der Waals surface area contributed by atoms with Crippen molar-refractivity contribution in [1.82, 2.24) is 5.32 Å². The van der Waals surface area contributed by atoms with Crippen LogP contribution < -0.4 is 10.6 Å². The summed E-state index contributed by atoms with van der Waals surface area (Å²) < 4.78 is 4.66. The molecule has 1 saturated heterocycles. The Bertz CT molecular complexity index is 548. The summed E-state index contributed by atoms with van der Waals surface area (Å²) >= 11 is 5.95. The second-order valence-electron chi connectivity index (χ2n) is 5.25. The van der Waals surface area contributed by atoms with Gasteiger partial charge in [-0.15, -0.1) is 0 Å². The number of anilines is 1. The molecule has 1 aliphatic rings. The maximum atomic E-state index is 12.3. The molecular formula is C15H19ClN2O3. The Kier molecular flexibility index (Phi) is 5.20. The minimum atomic E-state index is -0.522. The fraction of sp³-hybridized carbons (Fsp3) is 0.467. The third kappa shape index (κ3) is 3.95. The van der Waals surface area contributed by atoms with Crippen LogP contribution in [0, 0.1) is 5.92 Å². The fourth-order valence-corrected chi connectivity index (χ4v) is 2.68. The number of benzene rings is 1. The Morgan fingerprint density at radius 3 is 2.86 bits per heavy atom. The molecule has 1 fully saturated rings. The van der Waals surface area contributed by atoms with Gasteiger partial charge in [0.15, 0.2) is 0 Å². The molecule has 0 aromatic heterocycles. The van der Waals surface area contributed by atoms with Crippen LogP contribution >= 0.6 is 11.6 Å². The lowest BCUT2D eigenvalue weighted by Crippen LogP contribution is -2.40. The number of methoxy groups -OCH3 is 1. The monoisotopic (exact) mass is 310 g/mol. The van der Waals surface area contributed by atoms with Crippen LogP contribution in [0.15, 0.2) is 18.2 Å². The molecule has 0 aliphatic carbocycles. The summed E-state index contributed by atoms with van der Waals surface area (Å²) in [7, 11) is 1.29. The first-order valence-corrected chi connectivity index (χ1v) is 7.31. The van der Waals surface area contributed by atoms with Gasteiger partial charge in [-0.25, -0.2) is 4.79 Å². The van der Waals surface area contributed by atoms with Crippen molar-refractivity contribution >= 4 is 29.2 Å². The Morgan fingerprint density at radius 1 is 1.43 bits per heavy atom. The topological polar surface area (TPSA) is 67.4 Å². The molecule has 2 unspecified atom stereocenters. The summed E-state index contributed by atoms with van der Waals surface area (Å²) in [5, 5.41) is 6.46. The number of carbonyl (C=O) groups is 2. The third-order valence-corrected chi connectivity index (χ3v) is 3.96. The Hall–Kier alpha value is -1.59. The van der Waals surface area contributed by atoms with E-state index in [0.29, 0.717) is 16.8 Å². The van der Waals surface area contributed by atoms with Gasteiger partial charge in [-0.3, -0.25) is 4.79 Å². The third-order valence-electron chi connectivity index (χ3n) is 3.63. The van der Waals surface area contributed by atoms with Gasteiger partial charge in [0.05, 0.1) is 17.7 Å².